The third-order valence-corrected chi connectivity index (χ3v) is 17.8. The zero-order valence-corrected chi connectivity index (χ0v) is 52.7. The van der Waals surface area contributed by atoms with Crippen molar-refractivity contribution < 1.29 is 28.5 Å². The van der Waals surface area contributed by atoms with Crippen molar-refractivity contribution in [2.45, 2.75) is 51.9 Å². The number of fused-ring (bicyclic) bond motifs is 5. The highest BCUT2D eigenvalue weighted by atomic mass is 79.9. The van der Waals surface area contributed by atoms with Crippen molar-refractivity contribution in [2.75, 3.05) is 38.2 Å². The van der Waals surface area contributed by atoms with Gasteiger partial charge < -0.3 is 28.1 Å². The molecule has 2 atom stereocenters. The Bertz CT molecular complexity index is 4280. The summed E-state index contributed by atoms with van der Waals surface area (Å²) in [6.45, 7) is 8.21. The fourth-order valence-electron chi connectivity index (χ4n) is 10.6. The molecule has 7 aromatic heterocycles. The lowest BCUT2D eigenvalue weighted by Crippen LogP contribution is -2.30. The molecule has 9 heterocycles. The molecule has 86 heavy (non-hydrogen) atoms. The maximum absolute atomic E-state index is 14.1. The lowest BCUT2D eigenvalue weighted by molar-refractivity contribution is 0.0982. The number of hydrogen-bond donors (Lipinski definition) is 0. The van der Waals surface area contributed by atoms with Crippen molar-refractivity contribution in [1.29, 1.82) is 0 Å². The van der Waals surface area contributed by atoms with Gasteiger partial charge in [0.05, 0.1) is 98.1 Å². The summed E-state index contributed by atoms with van der Waals surface area (Å²) in [7, 11) is 6.04. The Labute approximate surface area is 523 Å². The number of anilines is 2. The number of carbonyl (C=O) groups excluding carboxylic acids is 2. The molecule has 2 unspecified atom stereocenters. The first-order valence-electron chi connectivity index (χ1n) is 26.7. The minimum Gasteiger partial charge on any atom is -0.480 e. The molecule has 0 spiro atoms. The molecule has 0 N–H and O–H groups in total. The van der Waals surface area contributed by atoms with E-state index in [4.69, 9.17) is 52.1 Å². The fourth-order valence-corrected chi connectivity index (χ4v) is 13.2. The third-order valence-electron chi connectivity index (χ3n) is 14.4. The number of amides is 2. The van der Waals surface area contributed by atoms with E-state index in [-0.39, 0.29) is 35.9 Å². The summed E-state index contributed by atoms with van der Waals surface area (Å²) < 4.78 is 30.0. The van der Waals surface area contributed by atoms with Crippen LogP contribution in [0.3, 0.4) is 0 Å². The third kappa shape index (κ3) is 10.7. The number of imidazole rings is 2. The molecule has 2 aliphatic rings. The van der Waals surface area contributed by atoms with Gasteiger partial charge in [-0.1, -0.05) is 63.4 Å². The molecule has 0 saturated heterocycles. The summed E-state index contributed by atoms with van der Waals surface area (Å²) >= 11 is 20.6. The number of carbonyl (C=O) groups is 2. The molecule has 14 rings (SSSR count). The Morgan fingerprint density at radius 1 is 0.488 bits per heavy atom. The van der Waals surface area contributed by atoms with Crippen LogP contribution >= 0.6 is 73.1 Å². The Morgan fingerprint density at radius 2 is 0.872 bits per heavy atom. The molecular formula is C61H50BrCl2N13O6S3. The van der Waals surface area contributed by atoms with Gasteiger partial charge in [-0.15, -0.1) is 34.0 Å². The van der Waals surface area contributed by atoms with Gasteiger partial charge in [0.25, 0.3) is 11.8 Å². The minimum absolute atomic E-state index is 0.0448. The zero-order chi connectivity index (χ0) is 60.1. The minimum atomic E-state index is -0.445. The van der Waals surface area contributed by atoms with Gasteiger partial charge in [0.1, 0.15) is 23.7 Å². The second-order valence-corrected chi connectivity index (χ2v) is 24.5. The molecule has 0 aliphatic carbocycles. The maximum atomic E-state index is 14.1. The zero-order valence-electron chi connectivity index (χ0n) is 47.1. The molecule has 25 heteroatoms. The molecular weight excluding hydrogens is 1260 g/mol. The van der Waals surface area contributed by atoms with E-state index >= 15 is 0 Å². The SMILES string of the molecule is Brc1ccc2scnc2c1.COc1ncc(-c2nc3c(n2C(C)C)C(c2ccc(Cl)cc2)N(c2ccc4scnc4c2)C3=O)c(OC)n1.COc1ncc(-c2nc3c(n2C(C)C)C(c2ccc(Cl)cc2)N(c2ccc4scnc4c2)C3=O)c(OC)n1. The van der Waals surface area contributed by atoms with Gasteiger partial charge in [0.2, 0.25) is 11.8 Å². The molecule has 2 aliphatic heterocycles. The summed E-state index contributed by atoms with van der Waals surface area (Å²) in [6.07, 6.45) is 3.22. The first-order chi connectivity index (χ1) is 41.7. The van der Waals surface area contributed by atoms with Crippen molar-refractivity contribution in [2.24, 2.45) is 0 Å². The Balaban J connectivity index is 0.000000144. The van der Waals surface area contributed by atoms with Crippen molar-refractivity contribution >= 4 is 127 Å². The number of ether oxygens (including phenoxy) is 4. The van der Waals surface area contributed by atoms with Gasteiger partial charge in [-0.3, -0.25) is 19.4 Å². The van der Waals surface area contributed by atoms with Gasteiger partial charge in [-0.05, 0) is 118 Å². The monoisotopic (exact) mass is 1310 g/mol. The number of halogens is 3. The quantitative estimate of drug-likeness (QED) is 0.112. The second kappa shape index (κ2) is 24.1. The van der Waals surface area contributed by atoms with Crippen LogP contribution in [0.2, 0.25) is 10.0 Å². The van der Waals surface area contributed by atoms with Crippen LogP contribution in [0, 0.1) is 0 Å². The molecule has 434 valence electrons. The van der Waals surface area contributed by atoms with Crippen molar-refractivity contribution in [3.8, 4) is 46.6 Å². The van der Waals surface area contributed by atoms with E-state index in [1.165, 1.54) is 33.1 Å². The van der Waals surface area contributed by atoms with E-state index in [2.05, 4.69) is 93.7 Å². The standard InChI is InChI=1S/2C27H23ClN6O3S.C7H4BrNS/c2*1-14(2)33-23-21(31-24(33)18-12-29-27(37-4)32-25(18)36-3)26(35)34(22(23)15-5-7-16(28)8-6-15)17-9-10-20-19(11-17)30-13-38-20;8-5-1-2-7-6(3-5)9-4-10-7/h2*5-14,22H,1-4H3;1-4H. The van der Waals surface area contributed by atoms with Crippen LogP contribution in [-0.2, 0) is 0 Å². The normalized spacial score (nSPS) is 14.4. The summed E-state index contributed by atoms with van der Waals surface area (Å²) in [6, 6.07) is 32.4. The number of methoxy groups -OCH3 is 4. The highest BCUT2D eigenvalue weighted by Crippen LogP contribution is 2.48. The number of rotatable bonds is 12. The van der Waals surface area contributed by atoms with Crippen LogP contribution in [-0.4, -0.2) is 94.2 Å². The molecule has 0 fully saturated rings. The highest BCUT2D eigenvalue weighted by molar-refractivity contribution is 9.10. The lowest BCUT2D eigenvalue weighted by Gasteiger charge is -2.28. The average molecular weight is 1310 g/mol. The van der Waals surface area contributed by atoms with Gasteiger partial charge in [-0.2, -0.15) is 9.97 Å². The van der Waals surface area contributed by atoms with Gasteiger partial charge in [0.15, 0.2) is 11.4 Å². The molecule has 12 aromatic rings. The Kier molecular flexibility index (Phi) is 16.3. The average Bonchev–Trinajstić information content (AvgIpc) is 1.62. The highest BCUT2D eigenvalue weighted by Gasteiger charge is 2.47. The van der Waals surface area contributed by atoms with Gasteiger partial charge in [0, 0.05) is 50.4 Å². The Morgan fingerprint density at radius 3 is 1.24 bits per heavy atom. The van der Waals surface area contributed by atoms with Crippen LogP contribution in [0.1, 0.15) is 95.4 Å². The number of hydrogen-bond acceptors (Lipinski definition) is 18. The molecule has 19 nitrogen and oxygen atoms in total. The van der Waals surface area contributed by atoms with Gasteiger partial charge in [-0.25, -0.2) is 34.9 Å². The fraction of sp³-hybridized carbons (Fsp3) is 0.197. The van der Waals surface area contributed by atoms with E-state index in [0.29, 0.717) is 56.0 Å². The second-order valence-electron chi connectivity index (χ2n) is 20.1. The van der Waals surface area contributed by atoms with Crippen molar-refractivity contribution in [3.05, 3.63) is 180 Å². The summed E-state index contributed by atoms with van der Waals surface area (Å²) in [5.74, 6) is 1.30. The van der Waals surface area contributed by atoms with Crippen LogP contribution in [0.15, 0.2) is 137 Å². The van der Waals surface area contributed by atoms with Gasteiger partial charge >= 0.3 is 12.0 Å². The molecule has 0 radical (unpaired) electrons. The summed E-state index contributed by atoms with van der Waals surface area (Å²) in [5, 5.41) is 1.24. The first kappa shape index (κ1) is 58.0. The van der Waals surface area contributed by atoms with Crippen LogP contribution in [0.5, 0.6) is 23.8 Å². The number of thiazole rings is 3. The summed E-state index contributed by atoms with van der Waals surface area (Å²) in [5.41, 5.74) is 14.9. The molecule has 0 saturated carbocycles. The molecule has 2 amide bonds. The summed E-state index contributed by atoms with van der Waals surface area (Å²) in [4.78, 5) is 71.9. The number of benzene rings is 5. The maximum Gasteiger partial charge on any atom is 0.319 e. The smallest absolute Gasteiger partial charge is 0.319 e. The number of nitrogens with zero attached hydrogens (tertiary/aromatic N) is 13. The molecule has 5 aromatic carbocycles. The van der Waals surface area contributed by atoms with Crippen LogP contribution < -0.4 is 28.7 Å². The molecule has 0 bridgehead atoms. The van der Waals surface area contributed by atoms with E-state index in [1.807, 2.05) is 103 Å². The van der Waals surface area contributed by atoms with E-state index < -0.39 is 12.1 Å². The Hall–Kier alpha value is -8.45. The van der Waals surface area contributed by atoms with E-state index in [9.17, 15) is 9.59 Å². The van der Waals surface area contributed by atoms with E-state index in [1.54, 1.807) is 67.2 Å². The lowest BCUT2D eigenvalue weighted by atomic mass is 10.0. The van der Waals surface area contributed by atoms with E-state index in [0.717, 1.165) is 64.3 Å². The van der Waals surface area contributed by atoms with Crippen LogP contribution in [0.25, 0.3) is 53.4 Å². The topological polar surface area (TPSA) is 203 Å². The van der Waals surface area contributed by atoms with Crippen molar-refractivity contribution in [3.63, 3.8) is 0 Å². The predicted molar refractivity (Wildman–Crippen MR) is 340 cm³/mol. The van der Waals surface area contributed by atoms with Crippen LogP contribution in [0.4, 0.5) is 11.4 Å². The largest absolute Gasteiger partial charge is 0.480 e. The first-order valence-corrected chi connectivity index (χ1v) is 30.8. The predicted octanol–water partition coefficient (Wildman–Crippen LogP) is 15.0. The number of aromatic nitrogens is 11. The van der Waals surface area contributed by atoms with Crippen molar-refractivity contribution in [1.82, 2.24) is 54.0 Å².